The van der Waals surface area contributed by atoms with Crippen LogP contribution in [0.3, 0.4) is 0 Å². The molecule has 0 aliphatic carbocycles. The van der Waals surface area contributed by atoms with Crippen LogP contribution in [0, 0.1) is 0 Å². The van der Waals surface area contributed by atoms with Crippen LogP contribution < -0.4 is 5.32 Å². The molecule has 1 amide bonds. The Morgan fingerprint density at radius 3 is 2.27 bits per heavy atom. The summed E-state index contributed by atoms with van der Waals surface area (Å²) in [7, 11) is 0. The average molecular weight is 543 g/mol. The maximum Gasteiger partial charge on any atom is 0.416 e. The molecule has 5 nitrogen and oxygen atoms in total. The van der Waals surface area contributed by atoms with Crippen LogP contribution in [0.1, 0.15) is 50.4 Å². The topological polar surface area (TPSA) is 71.3 Å². The Labute approximate surface area is 228 Å². The third-order valence-electron chi connectivity index (χ3n) is 6.82. The molecule has 4 aromatic carbocycles. The number of amides is 1. The van der Waals surface area contributed by atoms with Crippen molar-refractivity contribution in [3.8, 4) is 11.1 Å². The third-order valence-corrected chi connectivity index (χ3v) is 6.82. The predicted octanol–water partition coefficient (Wildman–Crippen LogP) is 7.56. The van der Waals surface area contributed by atoms with E-state index < -0.39 is 23.8 Å². The molecule has 1 heterocycles. The lowest BCUT2D eigenvalue weighted by molar-refractivity contribution is -0.137. The number of halogens is 3. The predicted molar refractivity (Wildman–Crippen MR) is 147 cm³/mol. The first-order valence-electron chi connectivity index (χ1n) is 12.6. The number of nitrogens with zero attached hydrogens (tertiary/aromatic N) is 1. The molecule has 0 aliphatic rings. The molecule has 1 aromatic heterocycles. The summed E-state index contributed by atoms with van der Waals surface area (Å²) in [6.07, 6.45) is -2.69. The quantitative estimate of drug-likeness (QED) is 0.223. The van der Waals surface area contributed by atoms with Crippen molar-refractivity contribution < 1.29 is 27.9 Å². The Balaban J connectivity index is 1.54. The fraction of sp³-hybridized carbons (Fsp3) is 0.125. The molecular weight excluding hydrogens is 517 g/mol. The molecule has 40 heavy (non-hydrogen) atoms. The summed E-state index contributed by atoms with van der Waals surface area (Å²) in [5.41, 5.74) is 3.33. The molecule has 0 unspecified atom stereocenters. The van der Waals surface area contributed by atoms with Gasteiger partial charge in [0.05, 0.1) is 28.2 Å². The average Bonchev–Trinajstić information content (AvgIpc) is 3.35. The van der Waals surface area contributed by atoms with Crippen molar-refractivity contribution >= 4 is 22.8 Å². The van der Waals surface area contributed by atoms with E-state index in [9.17, 15) is 22.8 Å². The van der Waals surface area contributed by atoms with E-state index in [4.69, 9.17) is 5.11 Å². The number of nitrogens with one attached hydrogen (secondary N) is 1. The molecule has 202 valence electrons. The number of carboxylic acid groups (broad SMARTS) is 1. The van der Waals surface area contributed by atoms with Crippen LogP contribution >= 0.6 is 0 Å². The lowest BCUT2D eigenvalue weighted by atomic mass is 9.99. The zero-order valence-electron chi connectivity index (χ0n) is 21.4. The number of hydrogen-bond acceptors (Lipinski definition) is 2. The smallest absolute Gasteiger partial charge is 0.416 e. The van der Waals surface area contributed by atoms with Gasteiger partial charge in [-0.2, -0.15) is 13.2 Å². The number of benzene rings is 4. The Morgan fingerprint density at radius 2 is 1.60 bits per heavy atom. The standard InChI is InChI=1S/C32H25F3N2O3/c1-20(22-10-12-24(13-11-22)31(39)40)36-30(38)28-18-26(23-7-3-2-4-8-23)17-25-14-15-37(29(25)28)19-21-6-5-9-27(16-21)32(33,34)35/h2-18,20H,19H2,1H3,(H,36,38)(H,39,40)/t20-/m0/s1. The third kappa shape index (κ3) is 5.61. The molecule has 0 bridgehead atoms. The number of carboxylic acids is 1. The highest BCUT2D eigenvalue weighted by atomic mass is 19.4. The van der Waals surface area contributed by atoms with Gasteiger partial charge in [0, 0.05) is 18.1 Å². The minimum absolute atomic E-state index is 0.143. The summed E-state index contributed by atoms with van der Waals surface area (Å²) in [6.45, 7) is 1.94. The minimum Gasteiger partial charge on any atom is -0.478 e. The lowest BCUT2D eigenvalue weighted by Crippen LogP contribution is -2.27. The minimum atomic E-state index is -4.46. The van der Waals surface area contributed by atoms with Crippen LogP contribution in [-0.4, -0.2) is 21.6 Å². The van der Waals surface area contributed by atoms with E-state index in [1.165, 1.54) is 18.2 Å². The zero-order valence-corrected chi connectivity index (χ0v) is 21.4. The van der Waals surface area contributed by atoms with Gasteiger partial charge in [-0.25, -0.2) is 4.79 Å². The van der Waals surface area contributed by atoms with E-state index in [-0.39, 0.29) is 18.0 Å². The van der Waals surface area contributed by atoms with Crippen molar-refractivity contribution in [1.82, 2.24) is 9.88 Å². The maximum atomic E-state index is 13.7. The maximum absolute atomic E-state index is 13.7. The van der Waals surface area contributed by atoms with Gasteiger partial charge in [-0.3, -0.25) is 4.79 Å². The van der Waals surface area contributed by atoms with E-state index in [0.717, 1.165) is 34.2 Å². The highest BCUT2D eigenvalue weighted by molar-refractivity contribution is 6.08. The van der Waals surface area contributed by atoms with E-state index >= 15 is 0 Å². The SMILES string of the molecule is C[C@H](NC(=O)c1cc(-c2ccccc2)cc2ccn(Cc3cccc(C(F)(F)F)c3)c12)c1ccc(C(=O)O)cc1. The lowest BCUT2D eigenvalue weighted by Gasteiger charge is -2.17. The van der Waals surface area contributed by atoms with Gasteiger partial charge in [0.25, 0.3) is 5.91 Å². The van der Waals surface area contributed by atoms with Crippen LogP contribution in [0.25, 0.3) is 22.0 Å². The van der Waals surface area contributed by atoms with Gasteiger partial charge in [0.1, 0.15) is 0 Å². The highest BCUT2D eigenvalue weighted by Crippen LogP contribution is 2.32. The van der Waals surface area contributed by atoms with Crippen molar-refractivity contribution in [2.24, 2.45) is 0 Å². The Bertz CT molecular complexity index is 1690. The second kappa shape index (κ2) is 10.7. The number of hydrogen-bond donors (Lipinski definition) is 2. The molecule has 1 atom stereocenters. The number of aromatic carboxylic acids is 1. The number of fused-ring (bicyclic) bond motifs is 1. The fourth-order valence-corrected chi connectivity index (χ4v) is 4.77. The van der Waals surface area contributed by atoms with Gasteiger partial charge in [-0.05, 0) is 71.6 Å². The summed E-state index contributed by atoms with van der Waals surface area (Å²) in [5, 5.41) is 12.9. The zero-order chi connectivity index (χ0) is 28.4. The van der Waals surface area contributed by atoms with E-state index in [1.54, 1.807) is 42.0 Å². The van der Waals surface area contributed by atoms with Crippen LogP contribution in [0.15, 0.2) is 103 Å². The van der Waals surface area contributed by atoms with Gasteiger partial charge in [-0.1, -0.05) is 54.6 Å². The molecule has 0 radical (unpaired) electrons. The molecule has 0 spiro atoms. The van der Waals surface area contributed by atoms with Crippen LogP contribution in [0.4, 0.5) is 13.2 Å². The van der Waals surface area contributed by atoms with Crippen molar-refractivity contribution in [3.63, 3.8) is 0 Å². The molecule has 5 aromatic rings. The van der Waals surface area contributed by atoms with Crippen molar-refractivity contribution in [2.45, 2.75) is 25.7 Å². The first-order chi connectivity index (χ1) is 19.1. The van der Waals surface area contributed by atoms with E-state index in [1.807, 2.05) is 42.5 Å². The second-order valence-electron chi connectivity index (χ2n) is 9.59. The number of alkyl halides is 3. The summed E-state index contributed by atoms with van der Waals surface area (Å²) in [5.74, 6) is -1.40. The van der Waals surface area contributed by atoms with Gasteiger partial charge in [0.15, 0.2) is 0 Å². The first-order valence-corrected chi connectivity index (χ1v) is 12.6. The number of carbonyl (C=O) groups is 2. The van der Waals surface area contributed by atoms with Crippen LogP contribution in [0.5, 0.6) is 0 Å². The number of aromatic nitrogens is 1. The Hall–Kier alpha value is -4.85. The summed E-state index contributed by atoms with van der Waals surface area (Å²) in [6, 6.07) is 26.2. The molecule has 0 fully saturated rings. The summed E-state index contributed by atoms with van der Waals surface area (Å²) < 4.78 is 41.7. The van der Waals surface area contributed by atoms with E-state index in [2.05, 4.69) is 5.32 Å². The Morgan fingerprint density at radius 1 is 0.875 bits per heavy atom. The molecule has 0 saturated heterocycles. The molecule has 5 rings (SSSR count). The van der Waals surface area contributed by atoms with Crippen molar-refractivity contribution in [3.05, 3.63) is 131 Å². The Kier molecular flexibility index (Phi) is 7.17. The van der Waals surface area contributed by atoms with Crippen molar-refractivity contribution in [2.75, 3.05) is 0 Å². The second-order valence-corrected chi connectivity index (χ2v) is 9.59. The number of carbonyl (C=O) groups excluding carboxylic acids is 1. The largest absolute Gasteiger partial charge is 0.478 e. The fourth-order valence-electron chi connectivity index (χ4n) is 4.77. The summed E-state index contributed by atoms with van der Waals surface area (Å²) in [4.78, 5) is 24.9. The number of rotatable bonds is 7. The van der Waals surface area contributed by atoms with Gasteiger partial charge < -0.3 is 15.0 Å². The molecular formula is C32H25F3N2O3. The van der Waals surface area contributed by atoms with Crippen LogP contribution in [0.2, 0.25) is 0 Å². The normalized spacial score (nSPS) is 12.3. The molecule has 0 saturated carbocycles. The van der Waals surface area contributed by atoms with Crippen molar-refractivity contribution in [1.29, 1.82) is 0 Å². The summed E-state index contributed by atoms with van der Waals surface area (Å²) >= 11 is 0. The van der Waals surface area contributed by atoms with E-state index in [0.29, 0.717) is 16.6 Å². The first kappa shape index (κ1) is 26.7. The highest BCUT2D eigenvalue weighted by Gasteiger charge is 2.30. The molecule has 2 N–H and O–H groups in total. The van der Waals surface area contributed by atoms with Gasteiger partial charge in [0.2, 0.25) is 0 Å². The van der Waals surface area contributed by atoms with Gasteiger partial charge >= 0.3 is 12.1 Å². The molecule has 8 heteroatoms. The monoisotopic (exact) mass is 542 g/mol. The van der Waals surface area contributed by atoms with Crippen LogP contribution in [-0.2, 0) is 12.7 Å². The molecule has 0 aliphatic heterocycles. The van der Waals surface area contributed by atoms with Gasteiger partial charge in [-0.15, -0.1) is 0 Å².